The third-order valence-corrected chi connectivity index (χ3v) is 9.02. The number of anilines is 1. The molecule has 0 unspecified atom stereocenters. The number of hydrogen-bond donors (Lipinski definition) is 4. The van der Waals surface area contributed by atoms with Crippen molar-refractivity contribution in [2.24, 2.45) is 11.1 Å². The Balaban J connectivity index is 1.20. The van der Waals surface area contributed by atoms with E-state index in [0.29, 0.717) is 34.8 Å². The number of urea groups is 1. The number of aromatic amines is 1. The molecular weight excluding hydrogens is 540 g/mol. The van der Waals surface area contributed by atoms with Crippen molar-refractivity contribution in [3.05, 3.63) is 64.8 Å². The molecule has 0 bridgehead atoms. The van der Waals surface area contributed by atoms with Crippen molar-refractivity contribution in [2.75, 3.05) is 18.4 Å². The van der Waals surface area contributed by atoms with Gasteiger partial charge < -0.3 is 21.1 Å². The number of benzene rings is 2. The summed E-state index contributed by atoms with van der Waals surface area (Å²) in [6.07, 6.45) is 5.86. The number of carbonyl (C=O) groups is 2. The average molecular weight is 587 g/mol. The molecular formula is C34H46N6O3. The number of likely N-dealkylation sites (tertiary alicyclic amines) is 1. The summed E-state index contributed by atoms with van der Waals surface area (Å²) in [5.41, 5.74) is 11.9. The van der Waals surface area contributed by atoms with Crippen LogP contribution in [0.15, 0.2) is 42.5 Å². The van der Waals surface area contributed by atoms with Gasteiger partial charge in [0, 0.05) is 42.0 Å². The third kappa shape index (κ3) is 7.76. The zero-order valence-corrected chi connectivity index (χ0v) is 26.1. The van der Waals surface area contributed by atoms with E-state index in [9.17, 15) is 9.59 Å². The fourth-order valence-electron chi connectivity index (χ4n) is 6.00. The van der Waals surface area contributed by atoms with Gasteiger partial charge in [-0.3, -0.25) is 14.8 Å². The molecule has 2 aromatic carbocycles. The van der Waals surface area contributed by atoms with Crippen molar-refractivity contribution in [3.8, 4) is 17.0 Å². The average Bonchev–Trinajstić information content (AvgIpc) is 3.40. The molecule has 2 fully saturated rings. The Hall–Kier alpha value is -3.85. The van der Waals surface area contributed by atoms with E-state index in [1.165, 1.54) is 0 Å². The zero-order valence-electron chi connectivity index (χ0n) is 26.1. The first-order valence-corrected chi connectivity index (χ1v) is 15.5. The molecule has 1 saturated heterocycles. The van der Waals surface area contributed by atoms with Crippen LogP contribution in [0.1, 0.15) is 80.6 Å². The topological polar surface area (TPSA) is 125 Å². The number of amides is 3. The molecule has 5 N–H and O–H groups in total. The second-order valence-corrected chi connectivity index (χ2v) is 13.3. The fraction of sp³-hybridized carbons (Fsp3) is 0.500. The van der Waals surface area contributed by atoms with E-state index in [2.05, 4.69) is 60.3 Å². The van der Waals surface area contributed by atoms with Crippen molar-refractivity contribution in [1.29, 1.82) is 0 Å². The largest absolute Gasteiger partial charge is 0.488 e. The molecule has 230 valence electrons. The van der Waals surface area contributed by atoms with E-state index in [-0.39, 0.29) is 18.2 Å². The Bertz CT molecular complexity index is 1450. The van der Waals surface area contributed by atoms with Gasteiger partial charge in [0.1, 0.15) is 11.9 Å². The SMILES string of the molecule is Cc1ccc(NC(=O)NC2CCC(C)(C)CC2)cc1CCc1cc(-c2cc(OC3CN(C(C)C)C3)ccc2C(N)=O)[nH]n1. The fourth-order valence-corrected chi connectivity index (χ4v) is 6.00. The molecule has 0 radical (unpaired) electrons. The van der Waals surface area contributed by atoms with Crippen LogP contribution in [0.3, 0.4) is 0 Å². The smallest absolute Gasteiger partial charge is 0.319 e. The van der Waals surface area contributed by atoms with E-state index in [1.807, 2.05) is 30.3 Å². The minimum absolute atomic E-state index is 0.131. The minimum atomic E-state index is -0.497. The van der Waals surface area contributed by atoms with Crippen LogP contribution in [0, 0.1) is 12.3 Å². The number of nitrogens with zero attached hydrogens (tertiary/aromatic N) is 2. The maximum atomic E-state index is 12.7. The molecule has 3 aromatic rings. The molecule has 9 heteroatoms. The second kappa shape index (κ2) is 12.8. The van der Waals surface area contributed by atoms with Gasteiger partial charge in [-0.2, -0.15) is 5.10 Å². The molecule has 1 aliphatic carbocycles. The number of nitrogens with two attached hydrogens (primary N) is 1. The van der Waals surface area contributed by atoms with Gasteiger partial charge in [-0.25, -0.2) is 4.79 Å². The molecule has 1 aliphatic heterocycles. The highest BCUT2D eigenvalue weighted by Gasteiger charge is 2.30. The molecule has 2 aliphatic rings. The molecule has 9 nitrogen and oxygen atoms in total. The van der Waals surface area contributed by atoms with E-state index < -0.39 is 5.91 Å². The lowest BCUT2D eigenvalue weighted by atomic mass is 9.76. The lowest BCUT2D eigenvalue weighted by molar-refractivity contribution is 0.000174. The Morgan fingerprint density at radius 2 is 1.84 bits per heavy atom. The van der Waals surface area contributed by atoms with Gasteiger partial charge in [0.2, 0.25) is 5.91 Å². The van der Waals surface area contributed by atoms with Crippen LogP contribution in [0.25, 0.3) is 11.3 Å². The number of rotatable bonds is 10. The van der Waals surface area contributed by atoms with Gasteiger partial charge in [-0.15, -0.1) is 0 Å². The maximum Gasteiger partial charge on any atom is 0.319 e. The Morgan fingerprint density at radius 3 is 2.53 bits per heavy atom. The number of primary amides is 1. The Kier molecular flexibility index (Phi) is 9.11. The van der Waals surface area contributed by atoms with Crippen LogP contribution < -0.4 is 21.1 Å². The van der Waals surface area contributed by atoms with Crippen molar-refractivity contribution in [1.82, 2.24) is 20.4 Å². The molecule has 43 heavy (non-hydrogen) atoms. The molecule has 3 amide bonds. The Labute approximate surface area is 255 Å². The molecule has 5 rings (SSSR count). The predicted octanol–water partition coefficient (Wildman–Crippen LogP) is 5.83. The van der Waals surface area contributed by atoms with E-state index in [4.69, 9.17) is 10.5 Å². The van der Waals surface area contributed by atoms with Crippen LogP contribution in [0.4, 0.5) is 10.5 Å². The first-order valence-electron chi connectivity index (χ1n) is 15.5. The second-order valence-electron chi connectivity index (χ2n) is 13.3. The third-order valence-electron chi connectivity index (χ3n) is 9.02. The van der Waals surface area contributed by atoms with E-state index in [1.54, 1.807) is 12.1 Å². The van der Waals surface area contributed by atoms with E-state index >= 15 is 0 Å². The predicted molar refractivity (Wildman–Crippen MR) is 170 cm³/mol. The number of hydrogen-bond acceptors (Lipinski definition) is 5. The van der Waals surface area contributed by atoms with Crippen LogP contribution in [0.2, 0.25) is 0 Å². The molecule has 0 atom stereocenters. The number of nitrogens with one attached hydrogen (secondary N) is 3. The van der Waals surface area contributed by atoms with Gasteiger partial charge >= 0.3 is 6.03 Å². The number of H-pyrrole nitrogens is 1. The van der Waals surface area contributed by atoms with Crippen LogP contribution >= 0.6 is 0 Å². The van der Waals surface area contributed by atoms with Gasteiger partial charge in [0.05, 0.1) is 11.4 Å². The van der Waals surface area contributed by atoms with Crippen LogP contribution in [0.5, 0.6) is 5.75 Å². The van der Waals surface area contributed by atoms with Crippen molar-refractivity contribution >= 4 is 17.6 Å². The van der Waals surface area contributed by atoms with Crippen molar-refractivity contribution in [2.45, 2.75) is 91.3 Å². The summed E-state index contributed by atoms with van der Waals surface area (Å²) in [6.45, 7) is 12.8. The van der Waals surface area contributed by atoms with E-state index in [0.717, 1.165) is 73.4 Å². The van der Waals surface area contributed by atoms with Crippen LogP contribution in [-0.2, 0) is 12.8 Å². The quantitative estimate of drug-likeness (QED) is 0.238. The highest BCUT2D eigenvalue weighted by Crippen LogP contribution is 2.35. The van der Waals surface area contributed by atoms with Crippen molar-refractivity contribution in [3.63, 3.8) is 0 Å². The lowest BCUT2D eigenvalue weighted by Crippen LogP contribution is -2.56. The minimum Gasteiger partial charge on any atom is -0.488 e. The van der Waals surface area contributed by atoms with Gasteiger partial charge in [-0.05, 0) is 112 Å². The number of aryl methyl sites for hydroxylation is 3. The number of aromatic nitrogens is 2. The van der Waals surface area contributed by atoms with Crippen LogP contribution in [-0.4, -0.2) is 58.3 Å². The highest BCUT2D eigenvalue weighted by atomic mass is 16.5. The molecule has 1 saturated carbocycles. The van der Waals surface area contributed by atoms with Gasteiger partial charge in [0.15, 0.2) is 0 Å². The van der Waals surface area contributed by atoms with Gasteiger partial charge in [0.25, 0.3) is 0 Å². The monoisotopic (exact) mass is 586 g/mol. The molecule has 2 heterocycles. The Morgan fingerprint density at radius 1 is 1.09 bits per heavy atom. The number of carbonyl (C=O) groups excluding carboxylic acids is 2. The summed E-state index contributed by atoms with van der Waals surface area (Å²) >= 11 is 0. The normalized spacial score (nSPS) is 17.4. The summed E-state index contributed by atoms with van der Waals surface area (Å²) < 4.78 is 6.18. The zero-order chi connectivity index (χ0) is 30.7. The summed E-state index contributed by atoms with van der Waals surface area (Å²) in [5.74, 6) is 0.212. The highest BCUT2D eigenvalue weighted by molar-refractivity contribution is 5.99. The summed E-state index contributed by atoms with van der Waals surface area (Å²) in [4.78, 5) is 27.3. The lowest BCUT2D eigenvalue weighted by Gasteiger charge is -2.41. The summed E-state index contributed by atoms with van der Waals surface area (Å²) in [6, 6.07) is 14.0. The first kappa shape index (κ1) is 30.6. The van der Waals surface area contributed by atoms with Gasteiger partial charge in [-0.1, -0.05) is 19.9 Å². The summed E-state index contributed by atoms with van der Waals surface area (Å²) in [7, 11) is 0. The maximum absolute atomic E-state index is 12.7. The molecule has 0 spiro atoms. The summed E-state index contributed by atoms with van der Waals surface area (Å²) in [5, 5.41) is 13.8. The molecule has 1 aromatic heterocycles. The van der Waals surface area contributed by atoms with Crippen molar-refractivity contribution < 1.29 is 14.3 Å². The standard InChI is InChI=1S/C34H46N6O3/c1-21(2)40-19-28(20-40)43-27-10-11-29(32(35)41)30(18-27)31-17-26(38-39-31)9-7-23-16-25(8-6-22(23)3)37-33(42)36-24-12-14-34(4,5)15-13-24/h6,8,10-11,16-18,21,24,28H,7,9,12-15,19-20H2,1-5H3,(H2,35,41)(H,38,39)(H2,36,37,42). The number of ether oxygens (including phenoxy) is 1. The first-order chi connectivity index (χ1) is 20.5.